The Morgan fingerprint density at radius 1 is 1.35 bits per heavy atom. The summed E-state index contributed by atoms with van der Waals surface area (Å²) in [5.41, 5.74) is 2.45. The van der Waals surface area contributed by atoms with Gasteiger partial charge in [0.25, 0.3) is 0 Å². The molecule has 0 unspecified atom stereocenters. The second-order valence-electron chi connectivity index (χ2n) is 5.42. The molecular weight excluding hydrogens is 272 g/mol. The van der Waals surface area contributed by atoms with E-state index in [1.807, 2.05) is 19.1 Å². The van der Waals surface area contributed by atoms with E-state index in [1.165, 1.54) is 11.3 Å². The first kappa shape index (κ1) is 17.3. The number of hydrogen-bond acceptors (Lipinski definition) is 3. The average Bonchev–Trinajstić information content (AvgIpc) is 2.40. The molecule has 0 aromatic heterocycles. The van der Waals surface area contributed by atoms with Crippen LogP contribution in [0.3, 0.4) is 0 Å². The van der Waals surface area contributed by atoms with Crippen molar-refractivity contribution < 1.29 is 4.74 Å². The Bertz CT molecular complexity index is 396. The van der Waals surface area contributed by atoms with Gasteiger partial charge in [0.1, 0.15) is 0 Å². The van der Waals surface area contributed by atoms with Gasteiger partial charge in [0.2, 0.25) is 0 Å². The zero-order valence-corrected chi connectivity index (χ0v) is 13.8. The van der Waals surface area contributed by atoms with Crippen molar-refractivity contribution in [1.29, 1.82) is 0 Å². The number of nitrogens with one attached hydrogen (secondary N) is 1. The first-order valence-corrected chi connectivity index (χ1v) is 7.70. The highest BCUT2D eigenvalue weighted by Gasteiger charge is 2.08. The first-order chi connectivity index (χ1) is 9.54. The zero-order valence-electron chi connectivity index (χ0n) is 13.1. The molecule has 114 valence electrons. The summed E-state index contributed by atoms with van der Waals surface area (Å²) in [6.07, 6.45) is 0. The number of rotatable bonds is 9. The molecule has 0 aliphatic rings. The molecule has 0 aliphatic heterocycles. The lowest BCUT2D eigenvalue weighted by atomic mass is 10.1. The van der Waals surface area contributed by atoms with Crippen molar-refractivity contribution in [2.75, 3.05) is 38.3 Å². The fourth-order valence-corrected chi connectivity index (χ4v) is 2.17. The van der Waals surface area contributed by atoms with Gasteiger partial charge in [-0.3, -0.25) is 0 Å². The Hall–Kier alpha value is -0.770. The summed E-state index contributed by atoms with van der Waals surface area (Å²) in [6.45, 7) is 10.7. The summed E-state index contributed by atoms with van der Waals surface area (Å²) < 4.78 is 5.42. The predicted octanol–water partition coefficient (Wildman–Crippen LogP) is 3.56. The Kier molecular flexibility index (Phi) is 7.97. The van der Waals surface area contributed by atoms with Crippen LogP contribution < -0.4 is 10.2 Å². The minimum absolute atomic E-state index is 0.654. The fourth-order valence-electron chi connectivity index (χ4n) is 2.00. The Morgan fingerprint density at radius 2 is 2.10 bits per heavy atom. The van der Waals surface area contributed by atoms with Gasteiger partial charge in [0.05, 0.1) is 6.61 Å². The number of benzene rings is 1. The van der Waals surface area contributed by atoms with Crippen molar-refractivity contribution in [1.82, 2.24) is 5.32 Å². The summed E-state index contributed by atoms with van der Waals surface area (Å²) in [5, 5.41) is 4.26. The molecule has 0 saturated carbocycles. The summed E-state index contributed by atoms with van der Waals surface area (Å²) >= 11 is 6.13. The van der Waals surface area contributed by atoms with E-state index in [-0.39, 0.29) is 0 Å². The maximum Gasteiger partial charge on any atom is 0.0641 e. The molecule has 0 spiro atoms. The maximum atomic E-state index is 6.13. The average molecular weight is 299 g/mol. The number of anilines is 1. The van der Waals surface area contributed by atoms with Gasteiger partial charge in [-0.1, -0.05) is 31.5 Å². The lowest BCUT2D eigenvalue weighted by molar-refractivity contribution is 0.154. The lowest BCUT2D eigenvalue weighted by Gasteiger charge is -2.23. The van der Waals surface area contributed by atoms with Gasteiger partial charge in [0, 0.05) is 37.5 Å². The third-order valence-electron chi connectivity index (χ3n) is 3.10. The van der Waals surface area contributed by atoms with Crippen LogP contribution in [-0.4, -0.2) is 33.4 Å². The number of likely N-dealkylation sites (N-methyl/N-ethyl adjacent to an activating group) is 1. The van der Waals surface area contributed by atoms with E-state index in [0.717, 1.165) is 37.9 Å². The largest absolute Gasteiger partial charge is 0.380 e. The molecule has 0 heterocycles. The van der Waals surface area contributed by atoms with Gasteiger partial charge >= 0.3 is 0 Å². The molecule has 0 aliphatic carbocycles. The maximum absolute atomic E-state index is 6.13. The van der Waals surface area contributed by atoms with Crippen LogP contribution >= 0.6 is 11.6 Å². The lowest BCUT2D eigenvalue weighted by Crippen LogP contribution is -2.26. The minimum Gasteiger partial charge on any atom is -0.380 e. The number of ether oxygens (including phenoxy) is 1. The van der Waals surface area contributed by atoms with Crippen molar-refractivity contribution in [2.24, 2.45) is 5.92 Å². The summed E-state index contributed by atoms with van der Waals surface area (Å²) in [6, 6.07) is 6.08. The van der Waals surface area contributed by atoms with Crippen molar-refractivity contribution >= 4 is 17.3 Å². The minimum atomic E-state index is 0.654. The van der Waals surface area contributed by atoms with Crippen molar-refractivity contribution in [3.63, 3.8) is 0 Å². The molecule has 1 N–H and O–H groups in total. The van der Waals surface area contributed by atoms with Gasteiger partial charge in [-0.25, -0.2) is 0 Å². The van der Waals surface area contributed by atoms with Crippen molar-refractivity contribution in [3.05, 3.63) is 28.8 Å². The molecule has 1 aromatic carbocycles. The van der Waals surface area contributed by atoms with E-state index < -0.39 is 0 Å². The third kappa shape index (κ3) is 6.12. The number of hydrogen-bond donors (Lipinski definition) is 1. The van der Waals surface area contributed by atoms with Crippen LogP contribution in [0.4, 0.5) is 5.69 Å². The van der Waals surface area contributed by atoms with Crippen LogP contribution in [-0.2, 0) is 11.3 Å². The van der Waals surface area contributed by atoms with Crippen LogP contribution in [0, 0.1) is 5.92 Å². The standard InChI is InChI=1S/C16H27ClN2O/c1-5-20-9-8-19(4)16-10-15(17)7-6-14(16)12-18-11-13(2)3/h6-7,10,13,18H,5,8-9,11-12H2,1-4H3. The highest BCUT2D eigenvalue weighted by molar-refractivity contribution is 6.30. The molecule has 4 heteroatoms. The summed E-state index contributed by atoms with van der Waals surface area (Å²) in [4.78, 5) is 2.20. The first-order valence-electron chi connectivity index (χ1n) is 7.32. The predicted molar refractivity (Wildman–Crippen MR) is 87.8 cm³/mol. The van der Waals surface area contributed by atoms with Crippen LogP contribution in [0.1, 0.15) is 26.3 Å². The molecule has 0 atom stereocenters. The topological polar surface area (TPSA) is 24.5 Å². The monoisotopic (exact) mass is 298 g/mol. The normalized spacial score (nSPS) is 11.1. The summed E-state index contributed by atoms with van der Waals surface area (Å²) in [5.74, 6) is 0.654. The summed E-state index contributed by atoms with van der Waals surface area (Å²) in [7, 11) is 2.08. The van der Waals surface area contributed by atoms with Gasteiger partial charge in [0.15, 0.2) is 0 Å². The van der Waals surface area contributed by atoms with Gasteiger partial charge < -0.3 is 15.0 Å². The smallest absolute Gasteiger partial charge is 0.0641 e. The second kappa shape index (κ2) is 9.22. The van der Waals surface area contributed by atoms with E-state index in [9.17, 15) is 0 Å². The SMILES string of the molecule is CCOCCN(C)c1cc(Cl)ccc1CNCC(C)C. The second-order valence-corrected chi connectivity index (χ2v) is 5.85. The highest BCUT2D eigenvalue weighted by Crippen LogP contribution is 2.24. The van der Waals surface area contributed by atoms with Gasteiger partial charge in [-0.15, -0.1) is 0 Å². The molecule has 0 bridgehead atoms. The fraction of sp³-hybridized carbons (Fsp3) is 0.625. The van der Waals surface area contributed by atoms with E-state index in [4.69, 9.17) is 16.3 Å². The molecule has 0 radical (unpaired) electrons. The van der Waals surface area contributed by atoms with Crippen LogP contribution in [0.5, 0.6) is 0 Å². The van der Waals surface area contributed by atoms with Crippen molar-refractivity contribution in [2.45, 2.75) is 27.3 Å². The van der Waals surface area contributed by atoms with Crippen LogP contribution in [0.2, 0.25) is 5.02 Å². The van der Waals surface area contributed by atoms with E-state index in [1.54, 1.807) is 0 Å². The van der Waals surface area contributed by atoms with Crippen LogP contribution in [0.25, 0.3) is 0 Å². The number of nitrogens with zero attached hydrogens (tertiary/aromatic N) is 1. The zero-order chi connectivity index (χ0) is 15.0. The van der Waals surface area contributed by atoms with Gasteiger partial charge in [-0.05, 0) is 37.1 Å². The molecule has 1 aromatic rings. The molecular formula is C16H27ClN2O. The molecule has 20 heavy (non-hydrogen) atoms. The quantitative estimate of drug-likeness (QED) is 0.706. The van der Waals surface area contributed by atoms with E-state index in [2.05, 4.69) is 37.2 Å². The Labute approximate surface area is 128 Å². The van der Waals surface area contributed by atoms with Crippen LogP contribution in [0.15, 0.2) is 18.2 Å². The van der Waals surface area contributed by atoms with E-state index >= 15 is 0 Å². The molecule has 3 nitrogen and oxygen atoms in total. The highest BCUT2D eigenvalue weighted by atomic mass is 35.5. The van der Waals surface area contributed by atoms with Crippen molar-refractivity contribution in [3.8, 4) is 0 Å². The third-order valence-corrected chi connectivity index (χ3v) is 3.34. The molecule has 0 amide bonds. The molecule has 0 saturated heterocycles. The Balaban J connectivity index is 2.68. The molecule has 0 fully saturated rings. The molecule has 1 rings (SSSR count). The van der Waals surface area contributed by atoms with E-state index in [0.29, 0.717) is 5.92 Å². The number of halogens is 1. The Morgan fingerprint density at radius 3 is 2.75 bits per heavy atom. The van der Waals surface area contributed by atoms with Gasteiger partial charge in [-0.2, -0.15) is 0 Å².